The predicted octanol–water partition coefficient (Wildman–Crippen LogP) is 3.27. The molecule has 8 heteroatoms. The molecule has 0 atom stereocenters. The number of halogens is 1. The van der Waals surface area contributed by atoms with Gasteiger partial charge < -0.3 is 19.4 Å². The van der Waals surface area contributed by atoms with Crippen LogP contribution < -0.4 is 10.2 Å². The van der Waals surface area contributed by atoms with E-state index in [0.29, 0.717) is 65.3 Å². The quantitative estimate of drug-likeness (QED) is 0.760. The molecule has 1 amide bonds. The van der Waals surface area contributed by atoms with E-state index < -0.39 is 0 Å². The van der Waals surface area contributed by atoms with Crippen molar-refractivity contribution in [2.45, 2.75) is 6.92 Å². The molecule has 0 spiro atoms. The number of nitrogens with one attached hydrogen (secondary N) is 1. The highest BCUT2D eigenvalue weighted by atomic mass is 35.5. The number of nitrogens with zero attached hydrogens (tertiary/aromatic N) is 3. The Labute approximate surface area is 154 Å². The van der Waals surface area contributed by atoms with E-state index in [1.165, 1.54) is 6.33 Å². The normalized spacial score (nSPS) is 14.6. The molecule has 134 valence electrons. The molecule has 1 aliphatic heterocycles. The van der Waals surface area contributed by atoms with E-state index in [-0.39, 0.29) is 5.91 Å². The summed E-state index contributed by atoms with van der Waals surface area (Å²) in [6, 6.07) is 7.09. The standard InChI is InChI=1S/C18H17ClN4O3/c1-11-14(17(24)22-13-5-3-2-4-12(13)19)15-16(20-10-21-18(15)26-11)23-6-8-25-9-7-23/h2-5,10H,6-9H2,1H3,(H,22,24). The number of aryl methyl sites for hydroxylation is 1. The number of carbonyl (C=O) groups excluding carboxylic acids is 1. The third-order valence-corrected chi connectivity index (χ3v) is 4.63. The minimum Gasteiger partial charge on any atom is -0.442 e. The minimum absolute atomic E-state index is 0.307. The average Bonchev–Trinajstić information content (AvgIpc) is 3.00. The predicted molar refractivity (Wildman–Crippen MR) is 99.0 cm³/mol. The minimum atomic E-state index is -0.307. The Morgan fingerprint density at radius 1 is 1.23 bits per heavy atom. The first-order chi connectivity index (χ1) is 12.6. The molecule has 3 heterocycles. The molecule has 2 aromatic heterocycles. The Hall–Kier alpha value is -2.64. The molecule has 1 N–H and O–H groups in total. The zero-order chi connectivity index (χ0) is 18.1. The van der Waals surface area contributed by atoms with E-state index in [1.54, 1.807) is 25.1 Å². The molecule has 26 heavy (non-hydrogen) atoms. The summed E-state index contributed by atoms with van der Waals surface area (Å²) in [5.41, 5.74) is 1.35. The van der Waals surface area contributed by atoms with E-state index >= 15 is 0 Å². The second kappa shape index (κ2) is 6.93. The number of hydrogen-bond donors (Lipinski definition) is 1. The Bertz CT molecular complexity index is 966. The number of anilines is 2. The van der Waals surface area contributed by atoms with Crippen molar-refractivity contribution >= 4 is 40.1 Å². The Morgan fingerprint density at radius 3 is 2.77 bits per heavy atom. The molecule has 0 unspecified atom stereocenters. The number of para-hydroxylation sites is 1. The first-order valence-corrected chi connectivity index (χ1v) is 8.65. The SMILES string of the molecule is Cc1oc2ncnc(N3CCOCC3)c2c1C(=O)Nc1ccccc1Cl. The van der Waals surface area contributed by atoms with E-state index in [4.69, 9.17) is 20.8 Å². The molecule has 0 aliphatic carbocycles. The number of fused-ring (bicyclic) bond motifs is 1. The maximum Gasteiger partial charge on any atom is 0.260 e. The fraction of sp³-hybridized carbons (Fsp3) is 0.278. The van der Waals surface area contributed by atoms with Crippen molar-refractivity contribution in [2.24, 2.45) is 0 Å². The van der Waals surface area contributed by atoms with Crippen molar-refractivity contribution in [3.8, 4) is 0 Å². The van der Waals surface area contributed by atoms with Crippen LogP contribution in [0.25, 0.3) is 11.1 Å². The maximum absolute atomic E-state index is 13.0. The highest BCUT2D eigenvalue weighted by molar-refractivity contribution is 6.34. The molecular formula is C18H17ClN4O3. The Balaban J connectivity index is 1.78. The fourth-order valence-corrected chi connectivity index (χ4v) is 3.25. The van der Waals surface area contributed by atoms with Crippen LogP contribution in [0, 0.1) is 6.92 Å². The van der Waals surface area contributed by atoms with Gasteiger partial charge in [0.2, 0.25) is 5.71 Å². The molecule has 4 rings (SSSR count). The van der Waals surface area contributed by atoms with Gasteiger partial charge in [0.25, 0.3) is 5.91 Å². The third-order valence-electron chi connectivity index (χ3n) is 4.30. The van der Waals surface area contributed by atoms with Crippen molar-refractivity contribution in [1.29, 1.82) is 0 Å². The lowest BCUT2D eigenvalue weighted by Gasteiger charge is -2.28. The van der Waals surface area contributed by atoms with Crippen LogP contribution in [0.1, 0.15) is 16.1 Å². The summed E-state index contributed by atoms with van der Waals surface area (Å²) in [4.78, 5) is 23.6. The van der Waals surface area contributed by atoms with Crippen LogP contribution in [-0.4, -0.2) is 42.2 Å². The lowest BCUT2D eigenvalue weighted by atomic mass is 10.1. The maximum atomic E-state index is 13.0. The summed E-state index contributed by atoms with van der Waals surface area (Å²) in [7, 11) is 0. The number of morpholine rings is 1. The van der Waals surface area contributed by atoms with Gasteiger partial charge in [0.15, 0.2) is 0 Å². The average molecular weight is 373 g/mol. The van der Waals surface area contributed by atoms with Crippen LogP contribution in [0.5, 0.6) is 0 Å². The van der Waals surface area contributed by atoms with Crippen molar-refractivity contribution < 1.29 is 13.9 Å². The topological polar surface area (TPSA) is 80.5 Å². The lowest BCUT2D eigenvalue weighted by Crippen LogP contribution is -2.37. The monoisotopic (exact) mass is 372 g/mol. The van der Waals surface area contributed by atoms with Crippen molar-refractivity contribution in [1.82, 2.24) is 9.97 Å². The number of aromatic nitrogens is 2. The van der Waals surface area contributed by atoms with Crippen LogP contribution >= 0.6 is 11.6 Å². The molecular weight excluding hydrogens is 356 g/mol. The van der Waals surface area contributed by atoms with Crippen LogP contribution in [0.4, 0.5) is 11.5 Å². The number of rotatable bonds is 3. The van der Waals surface area contributed by atoms with E-state index in [1.807, 2.05) is 6.07 Å². The molecule has 1 fully saturated rings. The second-order valence-corrected chi connectivity index (χ2v) is 6.35. The van der Waals surface area contributed by atoms with Crippen LogP contribution in [0.2, 0.25) is 5.02 Å². The highest BCUT2D eigenvalue weighted by Gasteiger charge is 2.26. The molecule has 3 aromatic rings. The van der Waals surface area contributed by atoms with Gasteiger partial charge in [-0.1, -0.05) is 23.7 Å². The number of furan rings is 1. The van der Waals surface area contributed by atoms with Crippen LogP contribution in [0.3, 0.4) is 0 Å². The summed E-state index contributed by atoms with van der Waals surface area (Å²) in [6.45, 7) is 4.36. The van der Waals surface area contributed by atoms with Gasteiger partial charge in [0.05, 0.1) is 34.9 Å². The van der Waals surface area contributed by atoms with Crippen molar-refractivity contribution in [3.63, 3.8) is 0 Å². The van der Waals surface area contributed by atoms with E-state index in [0.717, 1.165) is 0 Å². The summed E-state index contributed by atoms with van der Waals surface area (Å²) in [5, 5.41) is 3.92. The number of carbonyl (C=O) groups is 1. The smallest absolute Gasteiger partial charge is 0.260 e. The van der Waals surface area contributed by atoms with Gasteiger partial charge in [-0.15, -0.1) is 0 Å². The number of amides is 1. The van der Waals surface area contributed by atoms with Gasteiger partial charge >= 0.3 is 0 Å². The molecule has 1 aromatic carbocycles. The van der Waals surface area contributed by atoms with Crippen molar-refractivity contribution in [2.75, 3.05) is 36.5 Å². The first-order valence-electron chi connectivity index (χ1n) is 8.28. The van der Waals surface area contributed by atoms with E-state index in [9.17, 15) is 4.79 Å². The van der Waals surface area contributed by atoms with Gasteiger partial charge in [-0.3, -0.25) is 4.79 Å². The summed E-state index contributed by atoms with van der Waals surface area (Å²) in [6.07, 6.45) is 1.45. The Kier molecular flexibility index (Phi) is 4.48. The van der Waals surface area contributed by atoms with Crippen molar-refractivity contribution in [3.05, 3.63) is 46.9 Å². The van der Waals surface area contributed by atoms with Gasteiger partial charge in [-0.25, -0.2) is 9.97 Å². The van der Waals surface area contributed by atoms with Gasteiger partial charge in [0.1, 0.15) is 17.9 Å². The largest absolute Gasteiger partial charge is 0.442 e. The zero-order valence-electron chi connectivity index (χ0n) is 14.2. The van der Waals surface area contributed by atoms with E-state index in [2.05, 4.69) is 20.2 Å². The molecule has 7 nitrogen and oxygen atoms in total. The highest BCUT2D eigenvalue weighted by Crippen LogP contribution is 2.32. The summed E-state index contributed by atoms with van der Waals surface area (Å²) < 4.78 is 11.1. The van der Waals surface area contributed by atoms with Gasteiger partial charge in [-0.05, 0) is 19.1 Å². The molecule has 0 saturated carbocycles. The summed E-state index contributed by atoms with van der Waals surface area (Å²) >= 11 is 6.16. The molecule has 0 bridgehead atoms. The van der Waals surface area contributed by atoms with Gasteiger partial charge in [0, 0.05) is 13.1 Å². The zero-order valence-corrected chi connectivity index (χ0v) is 14.9. The number of hydrogen-bond acceptors (Lipinski definition) is 6. The van der Waals surface area contributed by atoms with Crippen LogP contribution in [-0.2, 0) is 4.74 Å². The second-order valence-electron chi connectivity index (χ2n) is 5.94. The molecule has 1 aliphatic rings. The molecule has 0 radical (unpaired) electrons. The fourth-order valence-electron chi connectivity index (χ4n) is 3.06. The van der Waals surface area contributed by atoms with Gasteiger partial charge in [-0.2, -0.15) is 0 Å². The summed E-state index contributed by atoms with van der Waals surface area (Å²) in [5.74, 6) is 0.859. The lowest BCUT2D eigenvalue weighted by molar-refractivity contribution is 0.102. The number of ether oxygens (including phenoxy) is 1. The third kappa shape index (κ3) is 3.00. The molecule has 1 saturated heterocycles. The Morgan fingerprint density at radius 2 is 2.00 bits per heavy atom. The first kappa shape index (κ1) is 16.8. The van der Waals surface area contributed by atoms with Crippen LogP contribution in [0.15, 0.2) is 35.0 Å². The number of benzene rings is 1.